The maximum absolute atomic E-state index is 15.7. The van der Waals surface area contributed by atoms with Crippen LogP contribution in [0.2, 0.25) is 0 Å². The number of rotatable bonds is 9. The van der Waals surface area contributed by atoms with Crippen LogP contribution in [0.5, 0.6) is 0 Å². The lowest BCUT2D eigenvalue weighted by Gasteiger charge is -2.42. The Kier molecular flexibility index (Phi) is 7.56. The van der Waals surface area contributed by atoms with Gasteiger partial charge in [-0.3, -0.25) is 9.29 Å². The zero-order chi connectivity index (χ0) is 26.3. The Morgan fingerprint density at radius 1 is 1.11 bits per heavy atom. The molecule has 200 valence electrons. The molecule has 2 aromatic carbocycles. The molecule has 5 rings (SSSR count). The average molecular weight is 522 g/mol. The molecule has 9 heteroatoms. The van der Waals surface area contributed by atoms with Crippen molar-refractivity contribution in [2.24, 2.45) is 5.92 Å². The molecule has 3 heterocycles. The second kappa shape index (κ2) is 10.7. The maximum atomic E-state index is 15.7. The Balaban J connectivity index is 1.51. The first kappa shape index (κ1) is 26.1. The monoisotopic (exact) mass is 521 g/mol. The summed E-state index contributed by atoms with van der Waals surface area (Å²) >= 11 is 0. The normalized spacial score (nSPS) is 22.7. The third-order valence-electron chi connectivity index (χ3n) is 7.85. The number of nitrogens with one attached hydrogen (secondary N) is 1. The summed E-state index contributed by atoms with van der Waals surface area (Å²) < 4.78 is 71.4. The van der Waals surface area contributed by atoms with E-state index in [-0.39, 0.29) is 29.6 Å². The summed E-state index contributed by atoms with van der Waals surface area (Å²) in [6.07, 6.45) is -1.92. The largest absolute Gasteiger partial charge is 0.388 e. The van der Waals surface area contributed by atoms with Crippen LogP contribution in [0.1, 0.15) is 47.9 Å². The summed E-state index contributed by atoms with van der Waals surface area (Å²) in [5.74, 6) is -1.88. The van der Waals surface area contributed by atoms with Gasteiger partial charge in [-0.25, -0.2) is 17.6 Å². The van der Waals surface area contributed by atoms with Crippen LogP contribution in [0.15, 0.2) is 36.4 Å². The molecule has 1 aromatic heterocycles. The number of hydrogen-bond acceptors (Lipinski definition) is 3. The van der Waals surface area contributed by atoms with E-state index in [1.165, 1.54) is 0 Å². The van der Waals surface area contributed by atoms with Gasteiger partial charge in [0.1, 0.15) is 24.5 Å². The molecular formula is C28H32F5N3O. The summed E-state index contributed by atoms with van der Waals surface area (Å²) in [4.78, 5) is 6.89. The number of aliphatic hydroxyl groups excluding tert-OH is 1. The minimum absolute atomic E-state index is 0.133. The van der Waals surface area contributed by atoms with Crippen molar-refractivity contribution in [1.29, 1.82) is 0 Å². The number of alkyl halides is 3. The van der Waals surface area contributed by atoms with Crippen molar-refractivity contribution in [3.8, 4) is 0 Å². The predicted molar refractivity (Wildman–Crippen MR) is 133 cm³/mol. The molecule has 1 saturated heterocycles. The Hall–Kier alpha value is -2.49. The first-order chi connectivity index (χ1) is 17.8. The molecule has 0 amide bonds. The van der Waals surface area contributed by atoms with Gasteiger partial charge < -0.3 is 15.0 Å². The number of aliphatic hydroxyl groups is 1. The van der Waals surface area contributed by atoms with Crippen molar-refractivity contribution < 1.29 is 27.1 Å². The van der Waals surface area contributed by atoms with Crippen LogP contribution in [-0.4, -0.2) is 71.6 Å². The van der Waals surface area contributed by atoms with Gasteiger partial charge in [-0.05, 0) is 49.1 Å². The molecule has 37 heavy (non-hydrogen) atoms. The molecule has 2 aliphatic heterocycles. The number of benzene rings is 2. The molecule has 0 aliphatic carbocycles. The van der Waals surface area contributed by atoms with Crippen molar-refractivity contribution >= 4 is 10.9 Å². The average Bonchev–Trinajstić information content (AvgIpc) is 3.22. The van der Waals surface area contributed by atoms with E-state index >= 15 is 8.78 Å². The smallest absolute Gasteiger partial charge is 0.141 e. The van der Waals surface area contributed by atoms with Crippen LogP contribution in [0, 0.1) is 17.6 Å². The summed E-state index contributed by atoms with van der Waals surface area (Å²) in [6.45, 7) is 1.58. The second-order valence-electron chi connectivity index (χ2n) is 10.4. The quantitative estimate of drug-likeness (QED) is 0.370. The molecule has 0 bridgehead atoms. The van der Waals surface area contributed by atoms with E-state index in [9.17, 15) is 18.3 Å². The van der Waals surface area contributed by atoms with E-state index in [2.05, 4.69) is 4.98 Å². The van der Waals surface area contributed by atoms with Crippen molar-refractivity contribution in [3.05, 3.63) is 70.4 Å². The van der Waals surface area contributed by atoms with Gasteiger partial charge in [0.2, 0.25) is 0 Å². The minimum atomic E-state index is -1.79. The van der Waals surface area contributed by atoms with Gasteiger partial charge in [0.05, 0.1) is 18.8 Å². The van der Waals surface area contributed by atoms with Crippen molar-refractivity contribution in [2.45, 2.75) is 44.1 Å². The Labute approximate surface area is 213 Å². The second-order valence-corrected chi connectivity index (χ2v) is 10.4. The van der Waals surface area contributed by atoms with E-state index in [1.54, 1.807) is 4.90 Å². The molecule has 3 aromatic rings. The van der Waals surface area contributed by atoms with E-state index < -0.39 is 43.3 Å². The Bertz CT molecular complexity index is 1220. The molecule has 4 nitrogen and oxygen atoms in total. The number of hydrogen-bond donors (Lipinski definition) is 2. The first-order valence-electron chi connectivity index (χ1n) is 12.8. The molecule has 2 aliphatic rings. The lowest BCUT2D eigenvalue weighted by Crippen LogP contribution is -2.49. The third kappa shape index (κ3) is 4.89. The number of fused-ring (bicyclic) bond motifs is 3. The van der Waals surface area contributed by atoms with Gasteiger partial charge in [-0.1, -0.05) is 18.2 Å². The molecular weight excluding hydrogens is 489 g/mol. The Morgan fingerprint density at radius 2 is 1.81 bits per heavy atom. The maximum Gasteiger partial charge on any atom is 0.141 e. The lowest BCUT2D eigenvalue weighted by atomic mass is 9.85. The van der Waals surface area contributed by atoms with Crippen LogP contribution in [-0.2, 0) is 6.42 Å². The van der Waals surface area contributed by atoms with Crippen molar-refractivity contribution in [1.82, 2.24) is 14.8 Å². The molecule has 1 fully saturated rings. The number of H-pyrrole nitrogens is 1. The summed E-state index contributed by atoms with van der Waals surface area (Å²) in [5, 5.41) is 11.7. The van der Waals surface area contributed by atoms with E-state index in [0.717, 1.165) is 28.6 Å². The van der Waals surface area contributed by atoms with Crippen LogP contribution in [0.25, 0.3) is 10.9 Å². The molecule has 0 spiro atoms. The summed E-state index contributed by atoms with van der Waals surface area (Å²) in [5.41, 5.74) is 2.17. The molecule has 4 atom stereocenters. The fourth-order valence-electron chi connectivity index (χ4n) is 5.96. The van der Waals surface area contributed by atoms with Crippen LogP contribution in [0.4, 0.5) is 22.0 Å². The van der Waals surface area contributed by atoms with Crippen LogP contribution >= 0.6 is 0 Å². The highest BCUT2D eigenvalue weighted by Gasteiger charge is 2.40. The zero-order valence-electron chi connectivity index (χ0n) is 20.7. The lowest BCUT2D eigenvalue weighted by molar-refractivity contribution is -0.00641. The van der Waals surface area contributed by atoms with E-state index in [1.807, 2.05) is 36.1 Å². The number of nitrogens with zero attached hydrogens (tertiary/aromatic N) is 2. The first-order valence-corrected chi connectivity index (χ1v) is 12.8. The molecule has 0 radical (unpaired) electrons. The van der Waals surface area contributed by atoms with Gasteiger partial charge in [-0.15, -0.1) is 0 Å². The fraction of sp³-hybridized carbons (Fsp3) is 0.500. The highest BCUT2D eigenvalue weighted by molar-refractivity contribution is 5.85. The number of aromatic nitrogens is 1. The number of likely N-dealkylation sites (tertiary alicyclic amines) is 1. The minimum Gasteiger partial charge on any atom is -0.388 e. The fourth-order valence-corrected chi connectivity index (χ4v) is 5.96. The van der Waals surface area contributed by atoms with E-state index in [4.69, 9.17) is 0 Å². The molecule has 0 unspecified atom stereocenters. The third-order valence-corrected chi connectivity index (χ3v) is 7.85. The van der Waals surface area contributed by atoms with Gasteiger partial charge in [0, 0.05) is 60.3 Å². The van der Waals surface area contributed by atoms with Crippen molar-refractivity contribution in [3.63, 3.8) is 0 Å². The van der Waals surface area contributed by atoms with Crippen LogP contribution < -0.4 is 0 Å². The Morgan fingerprint density at radius 3 is 2.49 bits per heavy atom. The van der Waals surface area contributed by atoms with Gasteiger partial charge in [0.15, 0.2) is 0 Å². The highest BCUT2D eigenvalue weighted by Crippen LogP contribution is 2.43. The number of halogens is 5. The predicted octanol–water partition coefficient (Wildman–Crippen LogP) is 5.41. The van der Waals surface area contributed by atoms with Gasteiger partial charge >= 0.3 is 0 Å². The standard InChI is InChI=1S/C28H32F5N3O/c1-16-9-21-20-5-2-3-6-24(20)34-26(21)27(36(16)15-19(31)12-30)25-22(32)10-17(11-23(25)33)28(37)18-13-35(14-18)8-4-7-29/h2-3,5-6,10-11,16,18-19,27-28,34,37H,4,7-9,12-15H2,1H3/t16-,19-,27-,28-/m1/s1. The molecule has 0 saturated carbocycles. The van der Waals surface area contributed by atoms with Crippen LogP contribution in [0.3, 0.4) is 0 Å². The van der Waals surface area contributed by atoms with Crippen molar-refractivity contribution in [2.75, 3.05) is 39.5 Å². The van der Waals surface area contributed by atoms with Gasteiger partial charge in [0.25, 0.3) is 0 Å². The summed E-state index contributed by atoms with van der Waals surface area (Å²) in [7, 11) is 0. The number of para-hydroxylation sites is 1. The van der Waals surface area contributed by atoms with E-state index in [0.29, 0.717) is 38.2 Å². The molecule has 2 N–H and O–H groups in total. The number of aromatic amines is 1. The topological polar surface area (TPSA) is 42.5 Å². The SMILES string of the molecule is C[C@@H]1Cc2c([nH]c3ccccc23)[C@@H](c2c(F)cc([C@@H](O)C3CN(CCCF)C3)cc2F)N1C[C@H](F)CF. The van der Waals surface area contributed by atoms with Gasteiger partial charge in [-0.2, -0.15) is 0 Å². The highest BCUT2D eigenvalue weighted by atomic mass is 19.2. The summed E-state index contributed by atoms with van der Waals surface area (Å²) in [6, 6.07) is 8.58. The zero-order valence-corrected chi connectivity index (χ0v) is 20.7.